The second-order valence-electron chi connectivity index (χ2n) is 7.73. The van der Waals surface area contributed by atoms with E-state index in [1.54, 1.807) is 0 Å². The smallest absolute Gasteiger partial charge is 0.240 e. The largest absolute Gasteiger partial charge is 0.338 e. The zero-order chi connectivity index (χ0) is 22.6. The van der Waals surface area contributed by atoms with Gasteiger partial charge in [-0.25, -0.2) is 13.1 Å². The highest BCUT2D eigenvalue weighted by molar-refractivity contribution is 7.89. The molecule has 1 aliphatic rings. The van der Waals surface area contributed by atoms with E-state index in [4.69, 9.17) is 5.26 Å². The van der Waals surface area contributed by atoms with Gasteiger partial charge in [0, 0.05) is 26.1 Å². The second kappa shape index (κ2) is 9.35. The minimum Gasteiger partial charge on any atom is -0.338 e. The van der Waals surface area contributed by atoms with E-state index in [1.807, 2.05) is 59.5 Å². The Morgan fingerprint density at radius 2 is 1.69 bits per heavy atom. The molecule has 1 aliphatic heterocycles. The zero-order valence-corrected chi connectivity index (χ0v) is 18.3. The zero-order valence-electron chi connectivity index (χ0n) is 17.5. The van der Waals surface area contributed by atoms with Gasteiger partial charge in [0.25, 0.3) is 0 Å². The minimum absolute atomic E-state index is 0.120. The molecule has 3 aromatic carbocycles. The molecule has 3 aromatic rings. The number of carbonyl (C=O) groups is 1. The number of benzene rings is 3. The van der Waals surface area contributed by atoms with E-state index < -0.39 is 10.0 Å². The first-order valence-corrected chi connectivity index (χ1v) is 11.9. The number of sulfonamides is 1. The molecule has 0 aliphatic carbocycles. The molecule has 1 saturated heterocycles. The van der Waals surface area contributed by atoms with Crippen LogP contribution in [-0.4, -0.2) is 25.8 Å². The van der Waals surface area contributed by atoms with Gasteiger partial charge >= 0.3 is 0 Å². The highest BCUT2D eigenvalue weighted by atomic mass is 32.2. The van der Waals surface area contributed by atoms with Crippen molar-refractivity contribution in [1.82, 2.24) is 9.62 Å². The molecule has 1 amide bonds. The van der Waals surface area contributed by atoms with Crippen LogP contribution in [0.2, 0.25) is 0 Å². The molecule has 0 saturated carbocycles. The van der Waals surface area contributed by atoms with Crippen LogP contribution in [0.4, 0.5) is 0 Å². The quantitative estimate of drug-likeness (QED) is 0.599. The van der Waals surface area contributed by atoms with Crippen molar-refractivity contribution < 1.29 is 13.2 Å². The number of hydrogen-bond donors (Lipinski definition) is 1. The number of nitrogens with one attached hydrogen (secondary N) is 1. The van der Waals surface area contributed by atoms with E-state index in [0.717, 1.165) is 35.2 Å². The van der Waals surface area contributed by atoms with E-state index >= 15 is 0 Å². The molecule has 162 valence electrons. The molecule has 0 atom stereocenters. The maximum absolute atomic E-state index is 12.7. The standard InChI is InChI=1S/C25H23N3O3S/c26-16-19-9-13-23(14-10-19)32(30,31)27-17-22-4-1-2-5-24(22)21-11-7-20(8-12-21)18-28-15-3-6-25(28)29/h1-2,4-5,7-14,27H,3,6,15,17-18H2. The number of rotatable bonds is 7. The fourth-order valence-corrected chi connectivity index (χ4v) is 4.81. The van der Waals surface area contributed by atoms with Gasteiger partial charge in [-0.1, -0.05) is 48.5 Å². The van der Waals surface area contributed by atoms with Crippen LogP contribution >= 0.6 is 0 Å². The van der Waals surface area contributed by atoms with Crippen LogP contribution in [0, 0.1) is 11.3 Å². The maximum atomic E-state index is 12.7. The summed E-state index contributed by atoms with van der Waals surface area (Å²) >= 11 is 0. The van der Waals surface area contributed by atoms with Gasteiger partial charge in [0.15, 0.2) is 0 Å². The Morgan fingerprint density at radius 1 is 0.969 bits per heavy atom. The Balaban J connectivity index is 1.49. The number of hydrogen-bond acceptors (Lipinski definition) is 4. The van der Waals surface area contributed by atoms with E-state index in [2.05, 4.69) is 4.72 Å². The Kier molecular flexibility index (Phi) is 6.35. The van der Waals surface area contributed by atoms with Crippen LogP contribution in [0.3, 0.4) is 0 Å². The van der Waals surface area contributed by atoms with Crippen molar-refractivity contribution in [3.05, 3.63) is 89.5 Å². The Bertz CT molecular complexity index is 1260. The van der Waals surface area contributed by atoms with E-state index in [-0.39, 0.29) is 17.3 Å². The number of nitrogens with zero attached hydrogens (tertiary/aromatic N) is 2. The molecule has 0 radical (unpaired) electrons. The van der Waals surface area contributed by atoms with Gasteiger partial charge in [0.1, 0.15) is 0 Å². The summed E-state index contributed by atoms with van der Waals surface area (Å²) in [6.07, 6.45) is 1.55. The first-order chi connectivity index (χ1) is 15.5. The van der Waals surface area contributed by atoms with Crippen molar-refractivity contribution in [1.29, 1.82) is 5.26 Å². The fourth-order valence-electron chi connectivity index (χ4n) is 3.80. The summed E-state index contributed by atoms with van der Waals surface area (Å²) in [5.74, 6) is 0.203. The van der Waals surface area contributed by atoms with Crippen molar-refractivity contribution in [3.63, 3.8) is 0 Å². The molecule has 1 fully saturated rings. The molecule has 0 unspecified atom stereocenters. The molecule has 7 heteroatoms. The molecule has 0 bridgehead atoms. The summed E-state index contributed by atoms with van der Waals surface area (Å²) in [7, 11) is -3.70. The average Bonchev–Trinajstić information content (AvgIpc) is 3.23. The van der Waals surface area contributed by atoms with Gasteiger partial charge in [-0.15, -0.1) is 0 Å². The normalized spacial score (nSPS) is 13.8. The van der Waals surface area contributed by atoms with Gasteiger partial charge in [0.05, 0.1) is 16.5 Å². The van der Waals surface area contributed by atoms with Gasteiger partial charge in [-0.2, -0.15) is 5.26 Å². The average molecular weight is 446 g/mol. The van der Waals surface area contributed by atoms with Crippen LogP contribution in [0.5, 0.6) is 0 Å². The third kappa shape index (κ3) is 4.88. The van der Waals surface area contributed by atoms with Crippen molar-refractivity contribution in [2.75, 3.05) is 6.54 Å². The summed E-state index contributed by atoms with van der Waals surface area (Å²) in [5, 5.41) is 8.89. The predicted molar refractivity (Wildman–Crippen MR) is 122 cm³/mol. The number of carbonyl (C=O) groups excluding carboxylic acids is 1. The Morgan fingerprint density at radius 3 is 2.34 bits per heavy atom. The Hall–Kier alpha value is -3.47. The van der Waals surface area contributed by atoms with Crippen LogP contribution in [0.15, 0.2) is 77.7 Å². The highest BCUT2D eigenvalue weighted by Crippen LogP contribution is 2.25. The fraction of sp³-hybridized carbons (Fsp3) is 0.200. The molecule has 1 heterocycles. The van der Waals surface area contributed by atoms with E-state index in [0.29, 0.717) is 18.5 Å². The first kappa shape index (κ1) is 21.8. The summed E-state index contributed by atoms with van der Waals surface area (Å²) in [6, 6.07) is 23.5. The third-order valence-corrected chi connectivity index (χ3v) is 6.99. The summed E-state index contributed by atoms with van der Waals surface area (Å²) < 4.78 is 28.0. The minimum atomic E-state index is -3.70. The molecule has 1 N–H and O–H groups in total. The lowest BCUT2D eigenvalue weighted by atomic mass is 9.98. The number of nitriles is 1. The molecular formula is C25H23N3O3S. The molecule has 0 spiro atoms. The van der Waals surface area contributed by atoms with Crippen molar-refractivity contribution in [2.45, 2.75) is 30.8 Å². The van der Waals surface area contributed by atoms with Gasteiger partial charge in [0.2, 0.25) is 15.9 Å². The summed E-state index contributed by atoms with van der Waals surface area (Å²) in [6.45, 7) is 1.57. The molecule has 4 rings (SSSR count). The van der Waals surface area contributed by atoms with E-state index in [1.165, 1.54) is 24.3 Å². The van der Waals surface area contributed by atoms with Crippen LogP contribution in [0.25, 0.3) is 11.1 Å². The van der Waals surface area contributed by atoms with Crippen molar-refractivity contribution >= 4 is 15.9 Å². The monoisotopic (exact) mass is 445 g/mol. The topological polar surface area (TPSA) is 90.3 Å². The SMILES string of the molecule is N#Cc1ccc(S(=O)(=O)NCc2ccccc2-c2ccc(CN3CCCC3=O)cc2)cc1. The number of amides is 1. The van der Waals surface area contributed by atoms with Gasteiger partial charge in [-0.3, -0.25) is 4.79 Å². The predicted octanol–water partition coefficient (Wildman–Crippen LogP) is 3.83. The van der Waals surface area contributed by atoms with E-state index in [9.17, 15) is 13.2 Å². The Labute approximate surface area is 188 Å². The lowest BCUT2D eigenvalue weighted by molar-refractivity contribution is -0.128. The summed E-state index contributed by atoms with van der Waals surface area (Å²) in [4.78, 5) is 13.9. The third-order valence-electron chi connectivity index (χ3n) is 5.57. The summed E-state index contributed by atoms with van der Waals surface area (Å²) in [5.41, 5.74) is 4.26. The molecule has 32 heavy (non-hydrogen) atoms. The highest BCUT2D eigenvalue weighted by Gasteiger charge is 2.20. The molecular weight excluding hydrogens is 422 g/mol. The van der Waals surface area contributed by atoms with Crippen LogP contribution in [-0.2, 0) is 27.9 Å². The van der Waals surface area contributed by atoms with Crippen LogP contribution < -0.4 is 4.72 Å². The maximum Gasteiger partial charge on any atom is 0.240 e. The number of likely N-dealkylation sites (tertiary alicyclic amines) is 1. The van der Waals surface area contributed by atoms with Gasteiger partial charge in [-0.05, 0) is 52.9 Å². The lowest BCUT2D eigenvalue weighted by Crippen LogP contribution is -2.23. The lowest BCUT2D eigenvalue weighted by Gasteiger charge is -2.16. The van der Waals surface area contributed by atoms with Gasteiger partial charge < -0.3 is 4.90 Å². The molecule has 0 aromatic heterocycles. The van der Waals surface area contributed by atoms with Crippen molar-refractivity contribution in [3.8, 4) is 17.2 Å². The van der Waals surface area contributed by atoms with Crippen LogP contribution in [0.1, 0.15) is 29.5 Å². The van der Waals surface area contributed by atoms with Crippen molar-refractivity contribution in [2.24, 2.45) is 0 Å². The second-order valence-corrected chi connectivity index (χ2v) is 9.50. The molecule has 6 nitrogen and oxygen atoms in total. The first-order valence-electron chi connectivity index (χ1n) is 10.4.